The Morgan fingerprint density at radius 3 is 1.94 bits per heavy atom. The van der Waals surface area contributed by atoms with Crippen LogP contribution in [0.4, 0.5) is 0 Å². The Labute approximate surface area is 292 Å². The lowest BCUT2D eigenvalue weighted by molar-refractivity contribution is -0.133. The molecule has 9 nitrogen and oxygen atoms in total. The molecule has 3 aromatic rings. The number of nitrogens with one attached hydrogen (secondary N) is 3. The molecule has 266 valence electrons. The van der Waals surface area contributed by atoms with Gasteiger partial charge in [0.2, 0.25) is 21.8 Å². The van der Waals surface area contributed by atoms with Crippen molar-refractivity contribution in [2.45, 2.75) is 102 Å². The van der Waals surface area contributed by atoms with Gasteiger partial charge in [0.15, 0.2) is 0 Å². The van der Waals surface area contributed by atoms with Crippen molar-refractivity contribution in [1.82, 2.24) is 20.3 Å². The summed E-state index contributed by atoms with van der Waals surface area (Å²) in [5.41, 5.74) is 2.01. The second kappa shape index (κ2) is 16.0. The number of hydrogen-bond acceptors (Lipinski definition) is 6. The molecule has 49 heavy (non-hydrogen) atoms. The van der Waals surface area contributed by atoms with Gasteiger partial charge in [-0.1, -0.05) is 113 Å². The van der Waals surface area contributed by atoms with Crippen LogP contribution >= 0.6 is 0 Å². The first kappa shape index (κ1) is 38.2. The van der Waals surface area contributed by atoms with Crippen molar-refractivity contribution in [3.63, 3.8) is 0 Å². The van der Waals surface area contributed by atoms with Crippen molar-refractivity contribution in [2.75, 3.05) is 13.1 Å². The number of benzene rings is 3. The van der Waals surface area contributed by atoms with Gasteiger partial charge in [0, 0.05) is 18.6 Å². The zero-order chi connectivity index (χ0) is 36.0. The summed E-state index contributed by atoms with van der Waals surface area (Å²) in [5.74, 6) is -0.763. The molecule has 4 atom stereocenters. The zero-order valence-corrected chi connectivity index (χ0v) is 30.8. The number of rotatable bonds is 16. The van der Waals surface area contributed by atoms with Crippen LogP contribution in [-0.2, 0) is 31.6 Å². The van der Waals surface area contributed by atoms with Gasteiger partial charge in [0.05, 0.1) is 23.1 Å². The molecule has 0 radical (unpaired) electrons. The second-order valence-electron chi connectivity index (χ2n) is 15.0. The third-order valence-corrected chi connectivity index (χ3v) is 10.9. The summed E-state index contributed by atoms with van der Waals surface area (Å²) in [4.78, 5) is 27.8. The van der Waals surface area contributed by atoms with Crippen molar-refractivity contribution in [3.8, 4) is 0 Å². The van der Waals surface area contributed by atoms with E-state index < -0.39 is 45.6 Å². The highest BCUT2D eigenvalue weighted by Crippen LogP contribution is 2.45. The summed E-state index contributed by atoms with van der Waals surface area (Å²) in [6.45, 7) is 13.1. The van der Waals surface area contributed by atoms with Crippen LogP contribution in [0.25, 0.3) is 0 Å². The molecule has 4 rings (SSSR count). The Kier molecular flexibility index (Phi) is 12.5. The van der Waals surface area contributed by atoms with E-state index in [2.05, 4.69) is 28.1 Å². The fraction of sp³-hybridized carbons (Fsp3) is 0.487. The maximum absolute atomic E-state index is 14.1. The summed E-state index contributed by atoms with van der Waals surface area (Å²) in [7, 11) is -3.94. The van der Waals surface area contributed by atoms with Gasteiger partial charge in [-0.15, -0.1) is 0 Å². The van der Waals surface area contributed by atoms with Gasteiger partial charge in [-0.25, -0.2) is 8.42 Å². The van der Waals surface area contributed by atoms with Crippen LogP contribution < -0.4 is 16.0 Å². The molecule has 0 bridgehead atoms. The highest BCUT2D eigenvalue weighted by Gasteiger charge is 2.46. The number of hydrogen-bond donors (Lipinski definition) is 4. The normalized spacial score (nSPS) is 16.9. The molecule has 0 aliphatic heterocycles. The first-order valence-corrected chi connectivity index (χ1v) is 18.7. The topological polar surface area (TPSA) is 128 Å². The maximum Gasteiger partial charge on any atom is 0.243 e. The summed E-state index contributed by atoms with van der Waals surface area (Å²) < 4.78 is 28.9. The quantitative estimate of drug-likeness (QED) is 0.169. The molecule has 10 heteroatoms. The Balaban J connectivity index is 1.54. The zero-order valence-electron chi connectivity index (χ0n) is 29.9. The van der Waals surface area contributed by atoms with Gasteiger partial charge in [-0.05, 0) is 67.7 Å². The highest BCUT2D eigenvalue weighted by atomic mass is 32.2. The van der Waals surface area contributed by atoms with E-state index in [1.165, 1.54) is 4.31 Å². The molecule has 0 heterocycles. The molecule has 2 amide bonds. The summed E-state index contributed by atoms with van der Waals surface area (Å²) >= 11 is 0. The van der Waals surface area contributed by atoms with E-state index in [9.17, 15) is 23.1 Å². The number of carbonyl (C=O) groups excluding carboxylic acids is 2. The molecular formula is C39H54N4O5S. The Morgan fingerprint density at radius 1 is 0.837 bits per heavy atom. The minimum Gasteiger partial charge on any atom is -0.390 e. The number of amides is 2. The van der Waals surface area contributed by atoms with Crippen LogP contribution in [0.3, 0.4) is 0 Å². The van der Waals surface area contributed by atoms with Gasteiger partial charge in [-0.2, -0.15) is 4.31 Å². The smallest absolute Gasteiger partial charge is 0.243 e. The van der Waals surface area contributed by atoms with Gasteiger partial charge in [-0.3, -0.25) is 14.9 Å². The molecular weight excluding hydrogens is 637 g/mol. The minimum absolute atomic E-state index is 0.0117. The fourth-order valence-corrected chi connectivity index (χ4v) is 7.73. The lowest BCUT2D eigenvalue weighted by Gasteiger charge is -2.35. The molecule has 4 unspecified atom stereocenters. The van der Waals surface area contributed by atoms with Crippen LogP contribution in [0.2, 0.25) is 0 Å². The fourth-order valence-electron chi connectivity index (χ4n) is 6.11. The van der Waals surface area contributed by atoms with E-state index in [1.807, 2.05) is 90.1 Å². The molecule has 1 aliphatic rings. The standard InChI is InChI=1S/C39H54N4O5S/c1-27(2)25-43(49(47,48)32-20-18-28(3)19-21-32)26-34(44)33(24-30-14-10-8-11-15-30)40-37(46)35(38(5,6)7)41-36(45)29(4)42-39(22-23-39)31-16-12-9-13-17-31/h8-21,27,29,33-35,42,44H,22-26H2,1-7H3,(H,40,46)(H,41,45). The van der Waals surface area contributed by atoms with Crippen LogP contribution in [0.15, 0.2) is 89.8 Å². The predicted octanol–water partition coefficient (Wildman–Crippen LogP) is 4.93. The number of carbonyl (C=O) groups is 2. The second-order valence-corrected chi connectivity index (χ2v) is 17.0. The van der Waals surface area contributed by atoms with Crippen LogP contribution in [0.5, 0.6) is 0 Å². The summed E-state index contributed by atoms with van der Waals surface area (Å²) in [5, 5.41) is 21.2. The van der Waals surface area contributed by atoms with Crippen LogP contribution in [0.1, 0.15) is 71.1 Å². The molecule has 1 fully saturated rings. The van der Waals surface area contributed by atoms with Crippen molar-refractivity contribution in [3.05, 3.63) is 102 Å². The first-order valence-electron chi connectivity index (χ1n) is 17.2. The van der Waals surface area contributed by atoms with E-state index in [0.29, 0.717) is 0 Å². The number of sulfonamides is 1. The minimum atomic E-state index is -3.94. The Bertz CT molecular complexity index is 1640. The van der Waals surface area contributed by atoms with Crippen molar-refractivity contribution in [1.29, 1.82) is 0 Å². The summed E-state index contributed by atoms with van der Waals surface area (Å²) in [6, 6.07) is 23.8. The Morgan fingerprint density at radius 2 is 1.41 bits per heavy atom. The van der Waals surface area contributed by atoms with E-state index in [0.717, 1.165) is 29.5 Å². The highest BCUT2D eigenvalue weighted by molar-refractivity contribution is 7.89. The van der Waals surface area contributed by atoms with E-state index in [-0.39, 0.29) is 41.8 Å². The lowest BCUT2D eigenvalue weighted by atomic mass is 9.85. The number of aryl methyl sites for hydroxylation is 1. The molecule has 1 saturated carbocycles. The van der Waals surface area contributed by atoms with Gasteiger partial charge < -0.3 is 15.7 Å². The van der Waals surface area contributed by atoms with E-state index in [1.54, 1.807) is 31.2 Å². The monoisotopic (exact) mass is 690 g/mol. The van der Waals surface area contributed by atoms with Crippen molar-refractivity contribution < 1.29 is 23.1 Å². The lowest BCUT2D eigenvalue weighted by Crippen LogP contribution is -2.60. The number of aliphatic hydroxyl groups is 1. The van der Waals surface area contributed by atoms with Crippen molar-refractivity contribution >= 4 is 21.8 Å². The van der Waals surface area contributed by atoms with Gasteiger partial charge >= 0.3 is 0 Å². The summed E-state index contributed by atoms with van der Waals surface area (Å²) in [6.07, 6.45) is 0.853. The third kappa shape index (κ3) is 10.2. The molecule has 0 aromatic heterocycles. The van der Waals surface area contributed by atoms with E-state index in [4.69, 9.17) is 0 Å². The molecule has 1 aliphatic carbocycles. The predicted molar refractivity (Wildman–Crippen MR) is 194 cm³/mol. The van der Waals surface area contributed by atoms with Crippen LogP contribution in [-0.4, -0.2) is 67.0 Å². The van der Waals surface area contributed by atoms with Crippen molar-refractivity contribution in [2.24, 2.45) is 11.3 Å². The molecule has 0 saturated heterocycles. The SMILES string of the molecule is Cc1ccc(S(=O)(=O)N(CC(C)C)CC(O)C(Cc2ccccc2)NC(=O)C(NC(=O)C(C)NC2(c3ccccc3)CC2)C(C)(C)C)cc1. The average Bonchev–Trinajstić information content (AvgIpc) is 3.83. The number of aliphatic hydroxyl groups excluding tert-OH is 1. The van der Waals surface area contributed by atoms with Gasteiger partial charge in [0.1, 0.15) is 6.04 Å². The maximum atomic E-state index is 14.1. The number of nitrogens with zero attached hydrogens (tertiary/aromatic N) is 1. The molecule has 4 N–H and O–H groups in total. The largest absolute Gasteiger partial charge is 0.390 e. The third-order valence-electron chi connectivity index (χ3n) is 9.09. The van der Waals surface area contributed by atoms with Crippen LogP contribution in [0, 0.1) is 18.3 Å². The molecule has 3 aromatic carbocycles. The van der Waals surface area contributed by atoms with E-state index >= 15 is 0 Å². The van der Waals surface area contributed by atoms with Gasteiger partial charge in [0.25, 0.3) is 0 Å². The first-order chi connectivity index (χ1) is 23.0. The average molecular weight is 691 g/mol. The molecule has 0 spiro atoms. The Hall–Kier alpha value is -3.57.